The average Bonchev–Trinajstić information content (AvgIpc) is 2.69. The van der Waals surface area contributed by atoms with Crippen LogP contribution in [0.15, 0.2) is 71.2 Å². The highest BCUT2D eigenvalue weighted by molar-refractivity contribution is 9.10. The summed E-state index contributed by atoms with van der Waals surface area (Å²) in [5.74, 6) is 1.50. The minimum absolute atomic E-state index is 0.510. The van der Waals surface area contributed by atoms with E-state index in [2.05, 4.69) is 21.2 Å². The molecule has 0 aliphatic rings. The van der Waals surface area contributed by atoms with Crippen molar-refractivity contribution < 1.29 is 9.47 Å². The second-order valence-electron chi connectivity index (χ2n) is 5.97. The van der Waals surface area contributed by atoms with Gasteiger partial charge in [-0.1, -0.05) is 48.0 Å². The Morgan fingerprint density at radius 3 is 2.44 bits per heavy atom. The van der Waals surface area contributed by atoms with Crippen molar-refractivity contribution in [3.8, 4) is 11.5 Å². The first-order chi connectivity index (χ1) is 13.2. The van der Waals surface area contributed by atoms with Gasteiger partial charge in [-0.25, -0.2) is 0 Å². The maximum absolute atomic E-state index is 6.14. The van der Waals surface area contributed by atoms with Crippen molar-refractivity contribution in [1.29, 1.82) is 0 Å². The minimum Gasteiger partial charge on any atom is -0.490 e. The van der Waals surface area contributed by atoms with Crippen LogP contribution >= 0.6 is 27.5 Å². The van der Waals surface area contributed by atoms with Gasteiger partial charge >= 0.3 is 0 Å². The molecule has 1 N–H and O–H groups in total. The molecule has 0 saturated carbocycles. The first-order valence-electron chi connectivity index (χ1n) is 8.77. The highest BCUT2D eigenvalue weighted by atomic mass is 79.9. The Morgan fingerprint density at radius 1 is 0.889 bits per heavy atom. The van der Waals surface area contributed by atoms with Crippen LogP contribution in [0.5, 0.6) is 11.5 Å². The highest BCUT2D eigenvalue weighted by Gasteiger charge is 2.08. The summed E-state index contributed by atoms with van der Waals surface area (Å²) in [5, 5.41) is 4.05. The summed E-state index contributed by atoms with van der Waals surface area (Å²) in [7, 11) is 0. The molecule has 0 atom stereocenters. The van der Waals surface area contributed by atoms with Crippen LogP contribution in [0.3, 0.4) is 0 Å². The standard InChI is InChI=1S/C22H21BrClNO2/c1-2-26-22-12-17(14-25-18-9-10-19(23)20(24)13-18)8-11-21(22)27-15-16-6-4-3-5-7-16/h3-13,25H,2,14-15H2,1H3. The van der Waals surface area contributed by atoms with Crippen LogP contribution in [0.4, 0.5) is 5.69 Å². The van der Waals surface area contributed by atoms with Crippen molar-refractivity contribution in [2.75, 3.05) is 11.9 Å². The van der Waals surface area contributed by atoms with Gasteiger partial charge in [-0.15, -0.1) is 0 Å². The molecule has 0 amide bonds. The van der Waals surface area contributed by atoms with E-state index in [9.17, 15) is 0 Å². The lowest BCUT2D eigenvalue weighted by Gasteiger charge is -2.14. The quantitative estimate of drug-likeness (QED) is 0.418. The van der Waals surface area contributed by atoms with Crippen LogP contribution in [-0.4, -0.2) is 6.61 Å². The summed E-state index contributed by atoms with van der Waals surface area (Å²) in [6, 6.07) is 21.9. The molecule has 5 heteroatoms. The van der Waals surface area contributed by atoms with Crippen molar-refractivity contribution in [2.45, 2.75) is 20.1 Å². The molecular formula is C22H21BrClNO2. The van der Waals surface area contributed by atoms with E-state index >= 15 is 0 Å². The normalized spacial score (nSPS) is 10.5. The molecule has 0 radical (unpaired) electrons. The molecule has 0 saturated heterocycles. The third kappa shape index (κ3) is 5.65. The van der Waals surface area contributed by atoms with E-state index in [0.29, 0.717) is 24.8 Å². The molecule has 0 aliphatic heterocycles. The lowest BCUT2D eigenvalue weighted by molar-refractivity contribution is 0.269. The predicted octanol–water partition coefficient (Wildman–Crippen LogP) is 6.69. The van der Waals surface area contributed by atoms with Gasteiger partial charge in [0.25, 0.3) is 0 Å². The molecule has 3 nitrogen and oxygen atoms in total. The molecule has 0 bridgehead atoms. The molecule has 0 heterocycles. The topological polar surface area (TPSA) is 30.5 Å². The summed E-state index contributed by atoms with van der Waals surface area (Å²) in [5.41, 5.74) is 3.19. The summed E-state index contributed by atoms with van der Waals surface area (Å²) >= 11 is 9.55. The van der Waals surface area contributed by atoms with E-state index in [1.165, 1.54) is 0 Å². The summed E-state index contributed by atoms with van der Waals surface area (Å²) in [6.07, 6.45) is 0. The number of rotatable bonds is 8. The van der Waals surface area contributed by atoms with Crippen LogP contribution in [0.25, 0.3) is 0 Å². The van der Waals surface area contributed by atoms with Gasteiger partial charge in [0.15, 0.2) is 11.5 Å². The van der Waals surface area contributed by atoms with Gasteiger partial charge in [0.2, 0.25) is 0 Å². The molecular weight excluding hydrogens is 426 g/mol. The van der Waals surface area contributed by atoms with E-state index < -0.39 is 0 Å². The second kappa shape index (κ2) is 9.67. The third-order valence-corrected chi connectivity index (χ3v) is 5.19. The zero-order valence-electron chi connectivity index (χ0n) is 15.0. The van der Waals surface area contributed by atoms with Gasteiger partial charge < -0.3 is 14.8 Å². The van der Waals surface area contributed by atoms with Crippen molar-refractivity contribution in [1.82, 2.24) is 0 Å². The number of ether oxygens (including phenoxy) is 2. The van der Waals surface area contributed by atoms with E-state index in [-0.39, 0.29) is 0 Å². The molecule has 3 rings (SSSR count). The van der Waals surface area contributed by atoms with Gasteiger partial charge in [0.1, 0.15) is 6.61 Å². The molecule has 0 spiro atoms. The monoisotopic (exact) mass is 445 g/mol. The lowest BCUT2D eigenvalue weighted by atomic mass is 10.2. The molecule has 140 valence electrons. The van der Waals surface area contributed by atoms with E-state index in [1.54, 1.807) is 0 Å². The van der Waals surface area contributed by atoms with Crippen LogP contribution in [0.1, 0.15) is 18.1 Å². The fraction of sp³-hybridized carbons (Fsp3) is 0.182. The molecule has 0 aromatic heterocycles. The Balaban J connectivity index is 1.67. The smallest absolute Gasteiger partial charge is 0.161 e. The maximum atomic E-state index is 6.14. The Morgan fingerprint density at radius 2 is 1.70 bits per heavy atom. The van der Waals surface area contributed by atoms with Crippen molar-refractivity contribution >= 4 is 33.2 Å². The fourth-order valence-corrected chi connectivity index (χ4v) is 3.02. The number of anilines is 1. The summed E-state index contributed by atoms with van der Waals surface area (Å²) in [6.45, 7) is 3.73. The molecule has 3 aromatic carbocycles. The molecule has 3 aromatic rings. The Labute approximate surface area is 173 Å². The second-order valence-corrected chi connectivity index (χ2v) is 7.23. The van der Waals surface area contributed by atoms with Crippen LogP contribution in [0, 0.1) is 0 Å². The number of nitrogens with one attached hydrogen (secondary N) is 1. The van der Waals surface area contributed by atoms with Crippen molar-refractivity contribution in [3.63, 3.8) is 0 Å². The molecule has 0 fully saturated rings. The van der Waals surface area contributed by atoms with E-state index in [4.69, 9.17) is 21.1 Å². The Bertz CT molecular complexity index is 887. The summed E-state index contributed by atoms with van der Waals surface area (Å²) < 4.78 is 12.6. The molecule has 0 unspecified atom stereocenters. The fourth-order valence-electron chi connectivity index (χ4n) is 2.60. The highest BCUT2D eigenvalue weighted by Crippen LogP contribution is 2.30. The average molecular weight is 447 g/mol. The van der Waals surface area contributed by atoms with Crippen molar-refractivity contribution in [3.05, 3.63) is 87.4 Å². The van der Waals surface area contributed by atoms with Crippen LogP contribution in [0.2, 0.25) is 5.02 Å². The zero-order valence-corrected chi connectivity index (χ0v) is 17.4. The molecule has 0 aliphatic carbocycles. The van der Waals surface area contributed by atoms with Crippen molar-refractivity contribution in [2.24, 2.45) is 0 Å². The summed E-state index contributed by atoms with van der Waals surface area (Å²) in [4.78, 5) is 0. The van der Waals surface area contributed by atoms with Gasteiger partial charge in [0.05, 0.1) is 11.6 Å². The van der Waals surface area contributed by atoms with E-state index in [1.807, 2.05) is 73.7 Å². The van der Waals surface area contributed by atoms with Gasteiger partial charge in [-0.05, 0) is 64.3 Å². The van der Waals surface area contributed by atoms with Gasteiger partial charge in [0, 0.05) is 16.7 Å². The Kier molecular flexibility index (Phi) is 7.02. The maximum Gasteiger partial charge on any atom is 0.161 e. The first-order valence-corrected chi connectivity index (χ1v) is 9.94. The number of benzene rings is 3. The van der Waals surface area contributed by atoms with Crippen LogP contribution < -0.4 is 14.8 Å². The Hall–Kier alpha value is -2.17. The number of halogens is 2. The largest absolute Gasteiger partial charge is 0.490 e. The third-order valence-electron chi connectivity index (χ3n) is 3.96. The predicted molar refractivity (Wildman–Crippen MR) is 115 cm³/mol. The van der Waals surface area contributed by atoms with E-state index in [0.717, 1.165) is 32.8 Å². The minimum atomic E-state index is 0.510. The number of hydrogen-bond donors (Lipinski definition) is 1. The molecule has 27 heavy (non-hydrogen) atoms. The lowest BCUT2D eigenvalue weighted by Crippen LogP contribution is -2.03. The first kappa shape index (κ1) is 19.6. The zero-order chi connectivity index (χ0) is 19.1. The SMILES string of the molecule is CCOc1cc(CNc2ccc(Br)c(Cl)c2)ccc1OCc1ccccc1. The van der Waals surface area contributed by atoms with Crippen LogP contribution in [-0.2, 0) is 13.2 Å². The van der Waals surface area contributed by atoms with Gasteiger partial charge in [-0.2, -0.15) is 0 Å². The number of hydrogen-bond acceptors (Lipinski definition) is 3. The van der Waals surface area contributed by atoms with Gasteiger partial charge in [-0.3, -0.25) is 0 Å².